The molecule has 0 spiro atoms. The molecule has 0 atom stereocenters. The zero-order valence-electron chi connectivity index (χ0n) is 16.3. The van der Waals surface area contributed by atoms with E-state index in [1.165, 1.54) is 0 Å². The summed E-state index contributed by atoms with van der Waals surface area (Å²) in [6, 6.07) is 11.9. The Hall–Kier alpha value is -4.07. The molecule has 0 saturated carbocycles. The van der Waals surface area contributed by atoms with Gasteiger partial charge < -0.3 is 24.8 Å². The van der Waals surface area contributed by atoms with Crippen molar-refractivity contribution in [2.75, 3.05) is 19.0 Å². The van der Waals surface area contributed by atoms with Crippen LogP contribution in [0.25, 0.3) is 21.8 Å². The first-order valence-electron chi connectivity index (χ1n) is 9.58. The molecule has 0 aliphatic rings. The molecule has 150 valence electrons. The number of methoxy groups -OCH3 is 1. The highest BCUT2D eigenvalue weighted by molar-refractivity contribution is 5.94. The second-order valence-corrected chi connectivity index (χ2v) is 6.78. The van der Waals surface area contributed by atoms with Crippen molar-refractivity contribution < 1.29 is 9.47 Å². The lowest BCUT2D eigenvalue weighted by Gasteiger charge is -2.13. The number of anilines is 2. The summed E-state index contributed by atoms with van der Waals surface area (Å²) in [7, 11) is 1.62. The quantitative estimate of drug-likeness (QED) is 0.378. The van der Waals surface area contributed by atoms with Gasteiger partial charge in [-0.15, -0.1) is 0 Å². The van der Waals surface area contributed by atoms with Crippen LogP contribution in [0.2, 0.25) is 0 Å². The normalized spacial score (nSPS) is 11.1. The highest BCUT2D eigenvalue weighted by Crippen LogP contribution is 2.35. The van der Waals surface area contributed by atoms with E-state index in [4.69, 9.17) is 9.47 Å². The minimum Gasteiger partial charge on any atom is -0.493 e. The van der Waals surface area contributed by atoms with Gasteiger partial charge in [0.15, 0.2) is 11.5 Å². The molecule has 3 heterocycles. The number of H-pyrrole nitrogens is 2. The molecule has 0 bridgehead atoms. The van der Waals surface area contributed by atoms with E-state index in [1.807, 2.05) is 36.5 Å². The molecule has 5 aromatic rings. The van der Waals surface area contributed by atoms with Crippen LogP contribution in [0.1, 0.15) is 5.82 Å². The second kappa shape index (κ2) is 7.75. The van der Waals surface area contributed by atoms with Crippen LogP contribution in [-0.2, 0) is 6.42 Å². The Morgan fingerprint density at radius 2 is 1.93 bits per heavy atom. The number of hydrogen-bond acceptors (Lipinski definition) is 6. The largest absolute Gasteiger partial charge is 0.493 e. The van der Waals surface area contributed by atoms with Crippen LogP contribution >= 0.6 is 0 Å². The van der Waals surface area contributed by atoms with Crippen molar-refractivity contribution in [3.05, 3.63) is 67.1 Å². The molecule has 3 N–H and O–H groups in total. The van der Waals surface area contributed by atoms with Crippen molar-refractivity contribution in [1.82, 2.24) is 24.9 Å². The van der Waals surface area contributed by atoms with E-state index in [1.54, 1.807) is 25.8 Å². The molecule has 3 aromatic heterocycles. The third-order valence-corrected chi connectivity index (χ3v) is 4.89. The number of nitrogens with one attached hydrogen (secondary N) is 3. The summed E-state index contributed by atoms with van der Waals surface area (Å²) in [6.07, 6.45) is 7.66. The van der Waals surface area contributed by atoms with Crippen molar-refractivity contribution in [2.24, 2.45) is 0 Å². The Morgan fingerprint density at radius 1 is 0.967 bits per heavy atom. The third kappa shape index (κ3) is 3.50. The number of fused-ring (bicyclic) bond motifs is 2. The molecule has 0 fully saturated rings. The van der Waals surface area contributed by atoms with Crippen LogP contribution in [0.15, 0.2) is 61.3 Å². The van der Waals surface area contributed by atoms with Crippen LogP contribution in [0.4, 0.5) is 11.5 Å². The van der Waals surface area contributed by atoms with Gasteiger partial charge in [-0.2, -0.15) is 0 Å². The Balaban J connectivity index is 1.43. The topological polar surface area (TPSA) is 101 Å². The number of nitrogens with zero attached hydrogens (tertiary/aromatic N) is 3. The zero-order chi connectivity index (χ0) is 20.3. The van der Waals surface area contributed by atoms with Gasteiger partial charge in [-0.3, -0.25) is 0 Å². The summed E-state index contributed by atoms with van der Waals surface area (Å²) in [5.41, 5.74) is 2.80. The average Bonchev–Trinajstić information content (AvgIpc) is 3.45. The van der Waals surface area contributed by atoms with E-state index in [9.17, 15) is 0 Å². The number of benzene rings is 2. The number of rotatable bonds is 7. The molecule has 0 radical (unpaired) electrons. The van der Waals surface area contributed by atoms with Gasteiger partial charge in [0, 0.05) is 53.1 Å². The van der Waals surface area contributed by atoms with Crippen molar-refractivity contribution >= 4 is 33.3 Å². The minimum atomic E-state index is 0.474. The maximum atomic E-state index is 5.94. The molecule has 0 unspecified atom stereocenters. The predicted molar refractivity (Wildman–Crippen MR) is 115 cm³/mol. The van der Waals surface area contributed by atoms with Crippen molar-refractivity contribution in [2.45, 2.75) is 6.42 Å². The molecule has 8 heteroatoms. The summed E-state index contributed by atoms with van der Waals surface area (Å²) in [5, 5.41) is 5.36. The van der Waals surface area contributed by atoms with Gasteiger partial charge >= 0.3 is 0 Å². The van der Waals surface area contributed by atoms with Gasteiger partial charge in [-0.25, -0.2) is 15.0 Å². The van der Waals surface area contributed by atoms with E-state index < -0.39 is 0 Å². The number of imidazole rings is 1. The molecule has 0 aliphatic carbocycles. The average molecular weight is 400 g/mol. The van der Waals surface area contributed by atoms with Crippen LogP contribution < -0.4 is 14.8 Å². The molecule has 0 amide bonds. The number of aromatic amines is 2. The van der Waals surface area contributed by atoms with Crippen LogP contribution in [0.3, 0.4) is 0 Å². The smallest absolute Gasteiger partial charge is 0.163 e. The summed E-state index contributed by atoms with van der Waals surface area (Å²) in [5.74, 6) is 2.84. The van der Waals surface area contributed by atoms with Gasteiger partial charge in [0.1, 0.15) is 18.0 Å². The fourth-order valence-corrected chi connectivity index (χ4v) is 3.40. The lowest BCUT2D eigenvalue weighted by molar-refractivity contribution is 0.296. The highest BCUT2D eigenvalue weighted by Gasteiger charge is 2.12. The molecule has 2 aromatic carbocycles. The highest BCUT2D eigenvalue weighted by atomic mass is 16.5. The first-order chi connectivity index (χ1) is 14.8. The Labute approximate surface area is 172 Å². The molecular formula is C22H20N6O2. The maximum Gasteiger partial charge on any atom is 0.163 e. The molecule has 30 heavy (non-hydrogen) atoms. The van der Waals surface area contributed by atoms with E-state index in [-0.39, 0.29) is 0 Å². The minimum absolute atomic E-state index is 0.474. The predicted octanol–water partition coefficient (Wildman–Crippen LogP) is 4.21. The molecule has 8 nitrogen and oxygen atoms in total. The maximum absolute atomic E-state index is 5.94. The van der Waals surface area contributed by atoms with E-state index in [0.29, 0.717) is 30.3 Å². The SMILES string of the molecule is COc1cc2c(Nc3ccc4[nH]ccc4c3)ncnc2cc1OCCc1ncc[nH]1. The summed E-state index contributed by atoms with van der Waals surface area (Å²) < 4.78 is 11.5. The first-order valence-corrected chi connectivity index (χ1v) is 9.58. The lowest BCUT2D eigenvalue weighted by Crippen LogP contribution is -2.04. The molecule has 5 rings (SSSR count). The second-order valence-electron chi connectivity index (χ2n) is 6.78. The number of aromatic nitrogens is 5. The van der Waals surface area contributed by atoms with E-state index in [2.05, 4.69) is 36.3 Å². The fourth-order valence-electron chi connectivity index (χ4n) is 3.40. The van der Waals surface area contributed by atoms with Crippen molar-refractivity contribution in [3.8, 4) is 11.5 Å². The number of ether oxygens (including phenoxy) is 2. The van der Waals surface area contributed by atoms with Gasteiger partial charge in [0.05, 0.1) is 19.2 Å². The van der Waals surface area contributed by atoms with Crippen LogP contribution in [0.5, 0.6) is 11.5 Å². The Morgan fingerprint density at radius 3 is 2.80 bits per heavy atom. The van der Waals surface area contributed by atoms with Gasteiger partial charge in [-0.1, -0.05) is 0 Å². The number of hydrogen-bond donors (Lipinski definition) is 3. The Bertz CT molecular complexity index is 1300. The lowest BCUT2D eigenvalue weighted by atomic mass is 10.2. The molecule has 0 saturated heterocycles. The zero-order valence-corrected chi connectivity index (χ0v) is 16.3. The van der Waals surface area contributed by atoms with Gasteiger partial charge in [0.25, 0.3) is 0 Å². The molecular weight excluding hydrogens is 380 g/mol. The van der Waals surface area contributed by atoms with Crippen LogP contribution in [-0.4, -0.2) is 38.6 Å². The Kier molecular flexibility index (Phi) is 4.65. The van der Waals surface area contributed by atoms with E-state index >= 15 is 0 Å². The van der Waals surface area contributed by atoms with Crippen molar-refractivity contribution in [1.29, 1.82) is 0 Å². The van der Waals surface area contributed by atoms with E-state index in [0.717, 1.165) is 33.3 Å². The summed E-state index contributed by atoms with van der Waals surface area (Å²) >= 11 is 0. The summed E-state index contributed by atoms with van der Waals surface area (Å²) in [6.45, 7) is 0.474. The monoisotopic (exact) mass is 400 g/mol. The van der Waals surface area contributed by atoms with Crippen molar-refractivity contribution in [3.63, 3.8) is 0 Å². The fraction of sp³-hybridized carbons (Fsp3) is 0.136. The van der Waals surface area contributed by atoms with Gasteiger partial charge in [-0.05, 0) is 30.3 Å². The molecule has 0 aliphatic heterocycles. The van der Waals surface area contributed by atoms with Crippen LogP contribution in [0, 0.1) is 0 Å². The standard InChI is InChI=1S/C22H20N6O2/c1-29-19-11-16-18(12-20(19)30-9-5-21-24-7-8-25-21)26-13-27-22(16)28-15-2-3-17-14(10-15)4-6-23-17/h2-4,6-8,10-13,23H,5,9H2,1H3,(H,24,25)(H,26,27,28). The first kappa shape index (κ1) is 18.0. The summed E-state index contributed by atoms with van der Waals surface area (Å²) in [4.78, 5) is 19.3. The third-order valence-electron chi connectivity index (χ3n) is 4.89. The van der Waals surface area contributed by atoms with Gasteiger partial charge in [0.2, 0.25) is 0 Å².